The van der Waals surface area contributed by atoms with Crippen molar-refractivity contribution in [3.63, 3.8) is 0 Å². The van der Waals surface area contributed by atoms with Gasteiger partial charge in [0, 0.05) is 17.5 Å². The molecule has 1 fully saturated rings. The first-order chi connectivity index (χ1) is 10.2. The standard InChI is InChI=1S/C14H12N4O2S/c19-13(20)11-12(16-10-3-1-2-6-18(10)11)17-14-15-9(7-21-14)8-4-5-8/h1-3,6-8H,4-5H2,(H,15,17)(H,19,20). The van der Waals surface area contributed by atoms with Crippen molar-refractivity contribution in [2.75, 3.05) is 5.32 Å². The molecule has 106 valence electrons. The predicted molar refractivity (Wildman–Crippen MR) is 79.5 cm³/mol. The highest BCUT2D eigenvalue weighted by atomic mass is 32.1. The summed E-state index contributed by atoms with van der Waals surface area (Å²) >= 11 is 1.48. The molecular formula is C14H12N4O2S. The fraction of sp³-hybridized carbons (Fsp3) is 0.214. The number of nitrogens with one attached hydrogen (secondary N) is 1. The van der Waals surface area contributed by atoms with Gasteiger partial charge in [-0.2, -0.15) is 0 Å². The van der Waals surface area contributed by atoms with Crippen molar-refractivity contribution in [1.82, 2.24) is 14.4 Å². The zero-order chi connectivity index (χ0) is 14.4. The minimum Gasteiger partial charge on any atom is -0.476 e. The van der Waals surface area contributed by atoms with Gasteiger partial charge in [-0.3, -0.25) is 4.40 Å². The summed E-state index contributed by atoms with van der Waals surface area (Å²) in [7, 11) is 0. The lowest BCUT2D eigenvalue weighted by Gasteiger charge is -2.00. The zero-order valence-corrected chi connectivity index (χ0v) is 11.8. The van der Waals surface area contributed by atoms with Gasteiger partial charge in [-0.25, -0.2) is 14.8 Å². The maximum atomic E-state index is 11.5. The molecule has 0 amide bonds. The third-order valence-corrected chi connectivity index (χ3v) is 4.25. The average Bonchev–Trinajstić information content (AvgIpc) is 3.09. The molecule has 2 N–H and O–H groups in total. The molecule has 1 saturated carbocycles. The number of rotatable bonds is 4. The summed E-state index contributed by atoms with van der Waals surface area (Å²) in [6.07, 6.45) is 4.07. The number of hydrogen-bond acceptors (Lipinski definition) is 5. The van der Waals surface area contributed by atoms with Crippen LogP contribution in [0.3, 0.4) is 0 Å². The fourth-order valence-electron chi connectivity index (χ4n) is 2.30. The van der Waals surface area contributed by atoms with E-state index in [1.807, 2.05) is 11.4 Å². The lowest BCUT2D eigenvalue weighted by atomic mass is 10.3. The molecule has 0 unspecified atom stereocenters. The first kappa shape index (κ1) is 12.3. The van der Waals surface area contributed by atoms with Gasteiger partial charge in [0.05, 0.1) is 5.69 Å². The summed E-state index contributed by atoms with van der Waals surface area (Å²) in [4.78, 5) is 20.3. The van der Waals surface area contributed by atoms with Crippen LogP contribution in [-0.2, 0) is 0 Å². The van der Waals surface area contributed by atoms with E-state index >= 15 is 0 Å². The summed E-state index contributed by atoms with van der Waals surface area (Å²) in [6.45, 7) is 0. The lowest BCUT2D eigenvalue weighted by molar-refractivity contribution is 0.0690. The molecule has 0 aromatic carbocycles. The van der Waals surface area contributed by atoms with E-state index in [1.54, 1.807) is 22.7 Å². The van der Waals surface area contributed by atoms with Crippen LogP contribution < -0.4 is 5.32 Å². The predicted octanol–water partition coefficient (Wildman–Crippen LogP) is 3.11. The molecular weight excluding hydrogens is 288 g/mol. The van der Waals surface area contributed by atoms with Crippen molar-refractivity contribution < 1.29 is 9.90 Å². The van der Waals surface area contributed by atoms with E-state index in [-0.39, 0.29) is 5.69 Å². The molecule has 4 rings (SSSR count). The summed E-state index contributed by atoms with van der Waals surface area (Å²) < 4.78 is 1.56. The normalized spacial score (nSPS) is 14.5. The van der Waals surface area contributed by atoms with E-state index in [4.69, 9.17) is 0 Å². The van der Waals surface area contributed by atoms with Crippen LogP contribution in [0.1, 0.15) is 34.9 Å². The molecule has 0 atom stereocenters. The van der Waals surface area contributed by atoms with Crippen LogP contribution in [0.5, 0.6) is 0 Å². The summed E-state index contributed by atoms with van der Waals surface area (Å²) in [5, 5.41) is 15.2. The number of thiazole rings is 1. The van der Waals surface area contributed by atoms with Gasteiger partial charge in [0.1, 0.15) is 5.65 Å². The molecule has 0 saturated heterocycles. The van der Waals surface area contributed by atoms with E-state index in [0.29, 0.717) is 22.5 Å². The second-order valence-corrected chi connectivity index (χ2v) is 5.88. The summed E-state index contributed by atoms with van der Waals surface area (Å²) in [5.41, 5.74) is 1.80. The molecule has 3 heterocycles. The van der Waals surface area contributed by atoms with Crippen molar-refractivity contribution in [2.24, 2.45) is 0 Å². The molecule has 7 heteroatoms. The highest BCUT2D eigenvalue weighted by Gasteiger charge is 2.26. The first-order valence-electron chi connectivity index (χ1n) is 6.65. The van der Waals surface area contributed by atoms with Gasteiger partial charge in [-0.1, -0.05) is 6.07 Å². The number of hydrogen-bond donors (Lipinski definition) is 2. The number of nitrogens with zero attached hydrogens (tertiary/aromatic N) is 3. The third kappa shape index (κ3) is 2.15. The fourth-order valence-corrected chi connectivity index (χ4v) is 3.09. The Balaban J connectivity index is 1.74. The number of anilines is 2. The van der Waals surface area contributed by atoms with Crippen molar-refractivity contribution in [3.8, 4) is 0 Å². The Morgan fingerprint density at radius 2 is 2.24 bits per heavy atom. The highest BCUT2D eigenvalue weighted by molar-refractivity contribution is 7.13. The summed E-state index contributed by atoms with van der Waals surface area (Å²) in [5.74, 6) is -0.114. The first-order valence-corrected chi connectivity index (χ1v) is 7.53. The minimum absolute atomic E-state index is 0.119. The van der Waals surface area contributed by atoms with Crippen molar-refractivity contribution in [2.45, 2.75) is 18.8 Å². The molecule has 0 radical (unpaired) electrons. The number of imidazole rings is 1. The van der Waals surface area contributed by atoms with Crippen molar-refractivity contribution in [1.29, 1.82) is 0 Å². The van der Waals surface area contributed by atoms with Crippen LogP contribution in [0.15, 0.2) is 29.8 Å². The van der Waals surface area contributed by atoms with Crippen LogP contribution in [0.4, 0.5) is 10.9 Å². The van der Waals surface area contributed by atoms with E-state index < -0.39 is 5.97 Å². The van der Waals surface area contributed by atoms with Gasteiger partial charge in [-0.05, 0) is 25.0 Å². The molecule has 21 heavy (non-hydrogen) atoms. The van der Waals surface area contributed by atoms with Gasteiger partial charge in [0.2, 0.25) is 0 Å². The van der Waals surface area contributed by atoms with Gasteiger partial charge >= 0.3 is 5.97 Å². The number of aromatic nitrogens is 3. The highest BCUT2D eigenvalue weighted by Crippen LogP contribution is 2.41. The minimum atomic E-state index is -1.02. The maximum absolute atomic E-state index is 11.5. The monoisotopic (exact) mass is 300 g/mol. The Labute approximate surface area is 124 Å². The molecule has 1 aliphatic carbocycles. The zero-order valence-electron chi connectivity index (χ0n) is 11.0. The number of fused-ring (bicyclic) bond motifs is 1. The molecule has 6 nitrogen and oxygen atoms in total. The van der Waals surface area contributed by atoms with E-state index in [1.165, 1.54) is 24.2 Å². The van der Waals surface area contributed by atoms with E-state index in [9.17, 15) is 9.90 Å². The number of aromatic carboxylic acids is 1. The second-order valence-electron chi connectivity index (χ2n) is 5.02. The molecule has 1 aliphatic rings. The largest absolute Gasteiger partial charge is 0.476 e. The number of carboxylic acid groups (broad SMARTS) is 1. The topological polar surface area (TPSA) is 79.5 Å². The van der Waals surface area contributed by atoms with E-state index in [0.717, 1.165) is 5.69 Å². The van der Waals surface area contributed by atoms with Crippen LogP contribution in [0.2, 0.25) is 0 Å². The van der Waals surface area contributed by atoms with Crippen LogP contribution in [0, 0.1) is 0 Å². The Morgan fingerprint density at radius 3 is 3.00 bits per heavy atom. The molecule has 0 spiro atoms. The Morgan fingerprint density at radius 1 is 1.38 bits per heavy atom. The second kappa shape index (κ2) is 4.56. The smallest absolute Gasteiger partial charge is 0.356 e. The molecule has 0 aliphatic heterocycles. The van der Waals surface area contributed by atoms with Crippen LogP contribution in [0.25, 0.3) is 5.65 Å². The number of carbonyl (C=O) groups is 1. The Hall–Kier alpha value is -2.41. The van der Waals surface area contributed by atoms with Crippen LogP contribution in [-0.4, -0.2) is 25.4 Å². The third-order valence-electron chi connectivity index (χ3n) is 3.48. The van der Waals surface area contributed by atoms with Gasteiger partial charge in [-0.15, -0.1) is 11.3 Å². The van der Waals surface area contributed by atoms with Gasteiger partial charge in [0.15, 0.2) is 16.6 Å². The summed E-state index contributed by atoms with van der Waals surface area (Å²) in [6, 6.07) is 5.38. The lowest BCUT2D eigenvalue weighted by Crippen LogP contribution is -2.05. The molecule has 3 aromatic rings. The number of carboxylic acids is 1. The van der Waals surface area contributed by atoms with E-state index in [2.05, 4.69) is 15.3 Å². The van der Waals surface area contributed by atoms with Gasteiger partial charge in [0.25, 0.3) is 0 Å². The molecule has 3 aromatic heterocycles. The maximum Gasteiger partial charge on any atom is 0.356 e. The Kier molecular flexibility index (Phi) is 2.68. The SMILES string of the molecule is O=C(O)c1c(Nc2nc(C3CC3)cs2)nc2ccccn12. The van der Waals surface area contributed by atoms with Crippen LogP contribution >= 0.6 is 11.3 Å². The quantitative estimate of drug-likeness (QED) is 0.774. The Bertz CT molecular complexity index is 834. The molecule has 0 bridgehead atoms. The van der Waals surface area contributed by atoms with Crippen molar-refractivity contribution in [3.05, 3.63) is 41.2 Å². The average molecular weight is 300 g/mol. The van der Waals surface area contributed by atoms with Crippen molar-refractivity contribution >= 4 is 33.9 Å². The number of pyridine rings is 1. The van der Waals surface area contributed by atoms with Gasteiger partial charge < -0.3 is 10.4 Å².